The molecule has 0 heterocycles. The van der Waals surface area contributed by atoms with Gasteiger partial charge in [0.1, 0.15) is 0 Å². The van der Waals surface area contributed by atoms with Crippen molar-refractivity contribution in [2.45, 2.75) is 24.8 Å². The van der Waals surface area contributed by atoms with Crippen LogP contribution in [0.25, 0.3) is 0 Å². The molecule has 1 aromatic carbocycles. The van der Waals surface area contributed by atoms with Crippen molar-refractivity contribution in [3.63, 3.8) is 0 Å². The number of nitrogens with two attached hydrogens (primary N) is 1. The molecule has 0 aliphatic carbocycles. The molecule has 3 N–H and O–H groups in total. The highest BCUT2D eigenvalue weighted by atomic mass is 32.2. The summed E-state index contributed by atoms with van der Waals surface area (Å²) in [5, 5.41) is 7.79. The minimum Gasteiger partial charge on any atom is -0.465 e. The topological polar surface area (TPSA) is 116 Å². The number of carbonyl (C=O) groups excluding carboxylic acids is 2. The Kier molecular flexibility index (Phi) is 7.53. The first-order valence-corrected chi connectivity index (χ1v) is 9.59. The molecule has 0 bridgehead atoms. The molecule has 0 aliphatic rings. The SMILES string of the molecule is CCOC(=O)CSCC(=O)N[C@H](C)c1ccc(S(N)(=O)=O)cc1. The van der Waals surface area contributed by atoms with Gasteiger partial charge in [-0.3, -0.25) is 9.59 Å². The predicted octanol–water partition coefficient (Wildman–Crippen LogP) is 0.808. The number of thioether (sulfide) groups is 1. The van der Waals surface area contributed by atoms with Gasteiger partial charge >= 0.3 is 5.97 Å². The molecule has 1 rings (SSSR count). The molecule has 0 unspecified atom stereocenters. The maximum Gasteiger partial charge on any atom is 0.315 e. The van der Waals surface area contributed by atoms with Gasteiger partial charge in [0.25, 0.3) is 0 Å². The van der Waals surface area contributed by atoms with Crippen LogP contribution in [0.15, 0.2) is 29.2 Å². The Balaban J connectivity index is 2.47. The van der Waals surface area contributed by atoms with Crippen molar-refractivity contribution in [2.75, 3.05) is 18.1 Å². The molecule has 1 aromatic rings. The van der Waals surface area contributed by atoms with Crippen molar-refractivity contribution in [3.8, 4) is 0 Å². The van der Waals surface area contributed by atoms with Crippen LogP contribution in [-0.4, -0.2) is 38.4 Å². The molecule has 0 radical (unpaired) electrons. The molecule has 1 amide bonds. The largest absolute Gasteiger partial charge is 0.465 e. The van der Waals surface area contributed by atoms with Gasteiger partial charge in [0, 0.05) is 0 Å². The molecular weight excluding hydrogens is 340 g/mol. The Morgan fingerprint density at radius 3 is 2.39 bits per heavy atom. The van der Waals surface area contributed by atoms with Gasteiger partial charge in [0.05, 0.1) is 29.0 Å². The summed E-state index contributed by atoms with van der Waals surface area (Å²) in [5.74, 6) is -0.309. The third-order valence-corrected chi connectivity index (χ3v) is 4.68. The van der Waals surface area contributed by atoms with E-state index in [-0.39, 0.29) is 34.3 Å². The molecule has 0 saturated carbocycles. The molecular formula is C14H20N2O5S2. The first kappa shape index (κ1) is 19.5. The summed E-state index contributed by atoms with van der Waals surface area (Å²) < 4.78 is 27.1. The smallest absolute Gasteiger partial charge is 0.315 e. The molecule has 7 nitrogen and oxygen atoms in total. The van der Waals surface area contributed by atoms with E-state index in [1.165, 1.54) is 23.9 Å². The van der Waals surface area contributed by atoms with Crippen LogP contribution in [0.1, 0.15) is 25.5 Å². The molecule has 128 valence electrons. The van der Waals surface area contributed by atoms with Crippen molar-refractivity contribution in [2.24, 2.45) is 5.14 Å². The second-order valence-corrected chi connectivity index (χ2v) is 7.25. The van der Waals surface area contributed by atoms with Crippen molar-refractivity contribution < 1.29 is 22.7 Å². The fraction of sp³-hybridized carbons (Fsp3) is 0.429. The normalized spacial score (nSPS) is 12.5. The summed E-state index contributed by atoms with van der Waals surface area (Å²) in [7, 11) is -3.73. The first-order valence-electron chi connectivity index (χ1n) is 6.89. The Hall–Kier alpha value is -1.58. The van der Waals surface area contributed by atoms with Gasteiger partial charge < -0.3 is 10.1 Å². The number of ether oxygens (including phenoxy) is 1. The molecule has 0 aromatic heterocycles. The quantitative estimate of drug-likeness (QED) is 0.663. The lowest BCUT2D eigenvalue weighted by Crippen LogP contribution is -2.28. The number of carbonyl (C=O) groups is 2. The van der Waals surface area contributed by atoms with Crippen molar-refractivity contribution in [3.05, 3.63) is 29.8 Å². The number of amides is 1. The lowest BCUT2D eigenvalue weighted by molar-refractivity contribution is -0.139. The summed E-state index contributed by atoms with van der Waals surface area (Å²) in [5.41, 5.74) is 0.751. The third kappa shape index (κ3) is 7.02. The van der Waals surface area contributed by atoms with E-state index in [4.69, 9.17) is 9.88 Å². The zero-order valence-corrected chi connectivity index (χ0v) is 14.6. The Bertz CT molecular complexity index is 644. The summed E-state index contributed by atoms with van der Waals surface area (Å²) in [6.07, 6.45) is 0. The zero-order valence-electron chi connectivity index (χ0n) is 12.9. The summed E-state index contributed by atoms with van der Waals surface area (Å²) in [6.45, 7) is 3.81. The monoisotopic (exact) mass is 360 g/mol. The zero-order chi connectivity index (χ0) is 17.5. The summed E-state index contributed by atoms with van der Waals surface area (Å²) >= 11 is 1.17. The van der Waals surface area contributed by atoms with Crippen LogP contribution >= 0.6 is 11.8 Å². The van der Waals surface area contributed by atoms with Crippen LogP contribution < -0.4 is 10.5 Å². The average molecular weight is 360 g/mol. The van der Waals surface area contributed by atoms with Crippen LogP contribution in [0.4, 0.5) is 0 Å². The summed E-state index contributed by atoms with van der Waals surface area (Å²) in [4.78, 5) is 23.0. The van der Waals surface area contributed by atoms with E-state index in [0.29, 0.717) is 6.61 Å². The van der Waals surface area contributed by atoms with E-state index in [0.717, 1.165) is 5.56 Å². The minimum absolute atomic E-state index is 0.0183. The number of hydrogen-bond donors (Lipinski definition) is 2. The first-order chi connectivity index (χ1) is 10.7. The van der Waals surface area contributed by atoms with Gasteiger partial charge in [0.2, 0.25) is 15.9 Å². The molecule has 1 atom stereocenters. The van der Waals surface area contributed by atoms with Crippen LogP contribution in [0.5, 0.6) is 0 Å². The standard InChI is InChI=1S/C14H20N2O5S2/c1-3-21-14(18)9-22-8-13(17)16-10(2)11-4-6-12(7-5-11)23(15,19)20/h4-7,10H,3,8-9H2,1-2H3,(H,16,17)(H2,15,19,20)/t10-/m1/s1. The molecule has 0 saturated heterocycles. The number of sulfonamides is 1. The van der Waals surface area contributed by atoms with Gasteiger partial charge in [-0.1, -0.05) is 12.1 Å². The Labute approximate surface area is 140 Å². The van der Waals surface area contributed by atoms with E-state index in [1.807, 2.05) is 0 Å². The van der Waals surface area contributed by atoms with E-state index < -0.39 is 10.0 Å². The van der Waals surface area contributed by atoms with Gasteiger partial charge in [-0.25, -0.2) is 13.6 Å². The lowest BCUT2D eigenvalue weighted by atomic mass is 10.1. The number of primary sulfonamides is 1. The number of hydrogen-bond acceptors (Lipinski definition) is 6. The number of nitrogens with one attached hydrogen (secondary N) is 1. The van der Waals surface area contributed by atoms with E-state index >= 15 is 0 Å². The Morgan fingerprint density at radius 2 is 1.87 bits per heavy atom. The van der Waals surface area contributed by atoms with Crippen LogP contribution in [0.2, 0.25) is 0 Å². The average Bonchev–Trinajstić information content (AvgIpc) is 2.46. The fourth-order valence-electron chi connectivity index (χ4n) is 1.74. The van der Waals surface area contributed by atoms with Gasteiger partial charge in [-0.2, -0.15) is 0 Å². The van der Waals surface area contributed by atoms with E-state index in [9.17, 15) is 18.0 Å². The van der Waals surface area contributed by atoms with Gasteiger partial charge in [-0.05, 0) is 31.5 Å². The second-order valence-electron chi connectivity index (χ2n) is 4.70. The maximum absolute atomic E-state index is 11.8. The maximum atomic E-state index is 11.8. The Morgan fingerprint density at radius 1 is 1.26 bits per heavy atom. The lowest BCUT2D eigenvalue weighted by Gasteiger charge is -2.14. The van der Waals surface area contributed by atoms with Gasteiger partial charge in [0.15, 0.2) is 0 Å². The number of rotatable bonds is 8. The molecule has 0 fully saturated rings. The van der Waals surface area contributed by atoms with Crippen molar-refractivity contribution in [1.29, 1.82) is 0 Å². The van der Waals surface area contributed by atoms with Crippen molar-refractivity contribution in [1.82, 2.24) is 5.32 Å². The van der Waals surface area contributed by atoms with Crippen molar-refractivity contribution >= 4 is 33.7 Å². The van der Waals surface area contributed by atoms with Crippen LogP contribution in [0, 0.1) is 0 Å². The fourth-order valence-corrected chi connectivity index (χ4v) is 2.88. The van der Waals surface area contributed by atoms with Gasteiger partial charge in [-0.15, -0.1) is 11.8 Å². The summed E-state index contributed by atoms with van der Waals surface area (Å²) in [6, 6.07) is 5.68. The molecule has 9 heteroatoms. The highest BCUT2D eigenvalue weighted by Gasteiger charge is 2.12. The molecule has 23 heavy (non-hydrogen) atoms. The third-order valence-electron chi connectivity index (χ3n) is 2.84. The highest BCUT2D eigenvalue weighted by molar-refractivity contribution is 8.00. The predicted molar refractivity (Wildman–Crippen MR) is 88.3 cm³/mol. The van der Waals surface area contributed by atoms with Crippen LogP contribution in [0.3, 0.4) is 0 Å². The highest BCUT2D eigenvalue weighted by Crippen LogP contribution is 2.15. The number of esters is 1. The second kappa shape index (κ2) is 8.90. The van der Waals surface area contributed by atoms with E-state index in [2.05, 4.69) is 5.32 Å². The molecule has 0 spiro atoms. The van der Waals surface area contributed by atoms with E-state index in [1.54, 1.807) is 26.0 Å². The number of benzene rings is 1. The van der Waals surface area contributed by atoms with Crippen LogP contribution in [-0.2, 0) is 24.3 Å². The molecule has 0 aliphatic heterocycles. The minimum atomic E-state index is -3.73.